The summed E-state index contributed by atoms with van der Waals surface area (Å²) in [6, 6.07) is 38.6. The van der Waals surface area contributed by atoms with Crippen molar-refractivity contribution in [1.82, 2.24) is 4.57 Å². The second-order valence-electron chi connectivity index (χ2n) is 11.8. The highest BCUT2D eigenvalue weighted by Gasteiger charge is 2.38. The molecular weight excluding hydrogens is 446 g/mol. The van der Waals surface area contributed by atoms with Crippen LogP contribution < -0.4 is 0 Å². The predicted octanol–water partition coefficient (Wildman–Crippen LogP) is 9.40. The highest BCUT2D eigenvalue weighted by atomic mass is 15.0. The molecular formula is C36H29N. The molecule has 2 aliphatic carbocycles. The molecule has 1 nitrogen and oxygen atoms in total. The van der Waals surface area contributed by atoms with E-state index >= 15 is 0 Å². The van der Waals surface area contributed by atoms with Crippen LogP contribution in [0.2, 0.25) is 0 Å². The molecule has 2 aliphatic rings. The van der Waals surface area contributed by atoms with Crippen LogP contribution in [0, 0.1) is 0 Å². The molecule has 0 fully saturated rings. The van der Waals surface area contributed by atoms with E-state index in [0.717, 1.165) is 0 Å². The Morgan fingerprint density at radius 1 is 0.486 bits per heavy atom. The van der Waals surface area contributed by atoms with Crippen LogP contribution in [0.4, 0.5) is 0 Å². The Balaban J connectivity index is 1.45. The summed E-state index contributed by atoms with van der Waals surface area (Å²) in [5, 5.41) is 2.72. The lowest BCUT2D eigenvalue weighted by Gasteiger charge is -2.23. The zero-order valence-electron chi connectivity index (χ0n) is 21.8. The van der Waals surface area contributed by atoms with Crippen LogP contribution in [-0.2, 0) is 10.8 Å². The predicted molar refractivity (Wildman–Crippen MR) is 156 cm³/mol. The average Bonchev–Trinajstić information content (AvgIpc) is 3.46. The lowest BCUT2D eigenvalue weighted by atomic mass is 9.80. The van der Waals surface area contributed by atoms with Crippen molar-refractivity contribution in [3.05, 3.63) is 125 Å². The molecule has 0 radical (unpaired) electrons. The summed E-state index contributed by atoms with van der Waals surface area (Å²) in [5.41, 5.74) is 14.9. The monoisotopic (exact) mass is 475 g/mol. The number of rotatable bonds is 1. The van der Waals surface area contributed by atoms with Crippen LogP contribution in [-0.4, -0.2) is 4.57 Å². The molecule has 0 unspecified atom stereocenters. The second-order valence-corrected chi connectivity index (χ2v) is 11.8. The minimum Gasteiger partial charge on any atom is -0.309 e. The van der Waals surface area contributed by atoms with Crippen molar-refractivity contribution in [3.8, 4) is 27.9 Å². The molecule has 0 spiro atoms. The molecule has 6 aromatic rings. The van der Waals surface area contributed by atoms with Gasteiger partial charge >= 0.3 is 0 Å². The van der Waals surface area contributed by atoms with Gasteiger partial charge in [-0.15, -0.1) is 0 Å². The Hall–Kier alpha value is -4.10. The minimum absolute atomic E-state index is 0.0222. The third-order valence-electron chi connectivity index (χ3n) is 9.18. The Morgan fingerprint density at radius 3 is 1.86 bits per heavy atom. The van der Waals surface area contributed by atoms with Crippen molar-refractivity contribution >= 4 is 21.8 Å². The van der Waals surface area contributed by atoms with Gasteiger partial charge < -0.3 is 4.57 Å². The highest BCUT2D eigenvalue weighted by molar-refractivity contribution is 6.14. The molecule has 0 aliphatic heterocycles. The summed E-state index contributed by atoms with van der Waals surface area (Å²) in [6.45, 7) is 9.50. The smallest absolute Gasteiger partial charge is 0.0544 e. The van der Waals surface area contributed by atoms with E-state index in [2.05, 4.69) is 135 Å². The molecule has 0 bridgehead atoms. The van der Waals surface area contributed by atoms with E-state index in [4.69, 9.17) is 0 Å². The summed E-state index contributed by atoms with van der Waals surface area (Å²) >= 11 is 0. The van der Waals surface area contributed by atoms with Crippen LogP contribution in [0.15, 0.2) is 103 Å². The van der Waals surface area contributed by atoms with Gasteiger partial charge in [0.2, 0.25) is 0 Å². The largest absolute Gasteiger partial charge is 0.309 e. The van der Waals surface area contributed by atoms with E-state index in [1.807, 2.05) is 0 Å². The van der Waals surface area contributed by atoms with E-state index in [1.165, 1.54) is 72.0 Å². The fraction of sp³-hybridized carbons (Fsp3) is 0.167. The fourth-order valence-electron chi connectivity index (χ4n) is 7.44. The number of nitrogens with zero attached hydrogens (tertiary/aromatic N) is 1. The summed E-state index contributed by atoms with van der Waals surface area (Å²) in [7, 11) is 0. The highest BCUT2D eigenvalue weighted by Crippen LogP contribution is 2.54. The Bertz CT molecular complexity index is 1930. The number of benzene rings is 5. The Morgan fingerprint density at radius 2 is 1.08 bits per heavy atom. The first kappa shape index (κ1) is 21.0. The van der Waals surface area contributed by atoms with Crippen LogP contribution >= 0.6 is 0 Å². The molecule has 0 saturated carbocycles. The number of aromatic nitrogens is 1. The van der Waals surface area contributed by atoms with Crippen LogP contribution in [0.5, 0.6) is 0 Å². The van der Waals surface area contributed by atoms with Crippen molar-refractivity contribution in [2.45, 2.75) is 38.5 Å². The standard InChI is InChI=1S/C36H29N/c1-35(2)28-14-8-5-11-23(28)25-18-17-22(21-30(25)35)37-31-16-10-7-13-27(31)33-32(37)20-19-26-24-12-6-9-15-29(24)36(3,4)34(26)33/h5-21H,1-4H3. The number of hydrogen-bond acceptors (Lipinski definition) is 0. The molecule has 1 heteroatoms. The maximum atomic E-state index is 2.49. The normalized spacial score (nSPS) is 16.0. The number of fused-ring (bicyclic) bond motifs is 10. The van der Waals surface area contributed by atoms with Gasteiger partial charge in [-0.3, -0.25) is 0 Å². The topological polar surface area (TPSA) is 4.93 Å². The first-order valence-corrected chi connectivity index (χ1v) is 13.3. The van der Waals surface area contributed by atoms with Gasteiger partial charge in [-0.1, -0.05) is 107 Å². The van der Waals surface area contributed by atoms with Gasteiger partial charge in [-0.05, 0) is 68.8 Å². The first-order chi connectivity index (χ1) is 17.9. The Kier molecular flexibility index (Phi) is 3.87. The van der Waals surface area contributed by atoms with Crippen molar-refractivity contribution in [3.63, 3.8) is 0 Å². The van der Waals surface area contributed by atoms with Gasteiger partial charge in [0, 0.05) is 27.3 Å². The third-order valence-corrected chi connectivity index (χ3v) is 9.18. The first-order valence-electron chi connectivity index (χ1n) is 13.3. The summed E-state index contributed by atoms with van der Waals surface area (Å²) < 4.78 is 2.49. The van der Waals surface area contributed by atoms with Gasteiger partial charge in [-0.2, -0.15) is 0 Å². The Labute approximate surface area is 218 Å². The lowest BCUT2D eigenvalue weighted by Crippen LogP contribution is -2.15. The van der Waals surface area contributed by atoms with Gasteiger partial charge in [0.15, 0.2) is 0 Å². The zero-order chi connectivity index (χ0) is 25.1. The molecule has 1 heterocycles. The van der Waals surface area contributed by atoms with Crippen molar-refractivity contribution in [2.24, 2.45) is 0 Å². The zero-order valence-corrected chi connectivity index (χ0v) is 21.8. The van der Waals surface area contributed by atoms with Crippen molar-refractivity contribution in [1.29, 1.82) is 0 Å². The van der Waals surface area contributed by atoms with Gasteiger partial charge in [0.05, 0.1) is 11.0 Å². The maximum Gasteiger partial charge on any atom is 0.0544 e. The quantitative estimate of drug-likeness (QED) is 0.223. The van der Waals surface area contributed by atoms with Crippen LogP contribution in [0.25, 0.3) is 49.7 Å². The molecule has 0 atom stereocenters. The van der Waals surface area contributed by atoms with E-state index in [1.54, 1.807) is 0 Å². The van der Waals surface area contributed by atoms with Crippen LogP contribution in [0.1, 0.15) is 49.9 Å². The van der Waals surface area contributed by atoms with E-state index in [0.29, 0.717) is 0 Å². The van der Waals surface area contributed by atoms with Gasteiger partial charge in [-0.25, -0.2) is 0 Å². The molecule has 0 amide bonds. The molecule has 0 saturated heterocycles. The van der Waals surface area contributed by atoms with E-state index in [9.17, 15) is 0 Å². The van der Waals surface area contributed by atoms with Crippen LogP contribution in [0.3, 0.4) is 0 Å². The summed E-state index contributed by atoms with van der Waals surface area (Å²) in [5.74, 6) is 0. The van der Waals surface area contributed by atoms with Crippen molar-refractivity contribution < 1.29 is 0 Å². The SMILES string of the molecule is CC1(C)c2ccccc2-c2ccc(-n3c4ccccc4c4c5c(ccc43)-c3ccccc3C5(C)C)cc21. The fourth-order valence-corrected chi connectivity index (χ4v) is 7.44. The molecule has 0 N–H and O–H groups in total. The number of hydrogen-bond donors (Lipinski definition) is 0. The number of para-hydroxylation sites is 1. The van der Waals surface area contributed by atoms with E-state index < -0.39 is 0 Å². The molecule has 8 rings (SSSR count). The molecule has 178 valence electrons. The third kappa shape index (κ3) is 2.50. The molecule has 37 heavy (non-hydrogen) atoms. The summed E-state index contributed by atoms with van der Waals surface area (Å²) in [6.07, 6.45) is 0. The molecule has 5 aromatic carbocycles. The minimum atomic E-state index is -0.0536. The van der Waals surface area contributed by atoms with Crippen molar-refractivity contribution in [2.75, 3.05) is 0 Å². The van der Waals surface area contributed by atoms with Gasteiger partial charge in [0.1, 0.15) is 0 Å². The van der Waals surface area contributed by atoms with Gasteiger partial charge in [0.25, 0.3) is 0 Å². The molecule has 1 aromatic heterocycles. The lowest BCUT2D eigenvalue weighted by molar-refractivity contribution is 0.660. The summed E-state index contributed by atoms with van der Waals surface area (Å²) in [4.78, 5) is 0. The second kappa shape index (κ2) is 6.81. The van der Waals surface area contributed by atoms with E-state index in [-0.39, 0.29) is 10.8 Å². The average molecular weight is 476 g/mol. The maximum absolute atomic E-state index is 2.49.